The molecular weight excluding hydrogens is 878 g/mol. The number of fused-ring (bicyclic) bond motifs is 14. The maximum atomic E-state index is 8.44. The van der Waals surface area contributed by atoms with Gasteiger partial charge >= 0.3 is 360 Å². The molecule has 0 saturated heterocycles. The maximum absolute atomic E-state index is 8.44. The Hall–Kier alpha value is -4.38. The van der Waals surface area contributed by atoms with Gasteiger partial charge in [0.05, 0.1) is 0 Å². The van der Waals surface area contributed by atoms with E-state index in [4.69, 9.17) is 47.8 Å². The zero-order chi connectivity index (χ0) is 42.4. The van der Waals surface area contributed by atoms with Gasteiger partial charge in [-0.15, -0.1) is 0 Å². The Morgan fingerprint density at radius 3 is 0.847 bits per heavy atom. The molecule has 0 radical (unpaired) electrons. The number of benzene rings is 4. The SMILES string of the molecule is Cc1c(C)c(C)c2c(c1C)C1=NC2=Nc2c3c(C)c(C)c(C)c(C)c3c3[n]2[Sn]([Cl])([Cl])[n]2c(c4c(C)c(C)c(C)c(C)c4c2=NC2=NC(=N3)c3c(C)c(C)c(C)c(C)c32)=N1. The van der Waals surface area contributed by atoms with E-state index in [0.717, 1.165) is 88.3 Å². The van der Waals surface area contributed by atoms with E-state index in [1.807, 2.05) is 0 Å². The summed E-state index contributed by atoms with van der Waals surface area (Å²) in [5.41, 5.74) is 24.0. The van der Waals surface area contributed by atoms with Crippen LogP contribution >= 0.6 is 17.8 Å². The van der Waals surface area contributed by atoms with Crippen LogP contribution in [0.3, 0.4) is 0 Å². The molecule has 8 nitrogen and oxygen atoms in total. The van der Waals surface area contributed by atoms with Crippen LogP contribution in [0.2, 0.25) is 0 Å². The van der Waals surface area contributed by atoms with Crippen molar-refractivity contribution >= 4 is 91.0 Å². The van der Waals surface area contributed by atoms with Crippen LogP contribution in [0.4, 0.5) is 11.6 Å². The second-order valence-corrected chi connectivity index (χ2v) is 31.3. The molecule has 11 heteroatoms. The fraction of sp³-hybridized carbons (Fsp3) is 0.333. The summed E-state index contributed by atoms with van der Waals surface area (Å²) in [5, 5.41) is 3.91. The molecule has 0 fully saturated rings. The summed E-state index contributed by atoms with van der Waals surface area (Å²) >= 11 is -5.25. The molecule has 4 aromatic carbocycles. The molecule has 298 valence electrons. The molecule has 59 heavy (non-hydrogen) atoms. The first kappa shape index (κ1) is 38.8. The number of hydrogen-bond donors (Lipinski definition) is 0. The number of aliphatic imine (C=N–C) groups is 4. The van der Waals surface area contributed by atoms with Gasteiger partial charge in [-0.1, -0.05) is 0 Å². The summed E-state index contributed by atoms with van der Waals surface area (Å²) in [6, 6.07) is 0. The van der Waals surface area contributed by atoms with Gasteiger partial charge in [-0.2, -0.15) is 0 Å². The van der Waals surface area contributed by atoms with Gasteiger partial charge in [-0.3, -0.25) is 0 Å². The van der Waals surface area contributed by atoms with Gasteiger partial charge in [0.2, 0.25) is 0 Å². The summed E-state index contributed by atoms with van der Waals surface area (Å²) in [5.74, 6) is 3.77. The number of rotatable bonds is 0. The van der Waals surface area contributed by atoms with Crippen molar-refractivity contribution in [3.8, 4) is 0 Å². The number of aryl methyl sites for hydroxylation is 4. The number of amidine groups is 4. The van der Waals surface area contributed by atoms with E-state index >= 15 is 0 Å². The summed E-state index contributed by atoms with van der Waals surface area (Å²) in [6.45, 7) is 35.0. The van der Waals surface area contributed by atoms with Crippen molar-refractivity contribution in [3.05, 3.63) is 122 Å². The van der Waals surface area contributed by atoms with E-state index in [0.29, 0.717) is 46.0 Å². The van der Waals surface area contributed by atoms with Crippen molar-refractivity contribution in [2.24, 2.45) is 30.0 Å². The first-order chi connectivity index (χ1) is 27.7. The van der Waals surface area contributed by atoms with Gasteiger partial charge in [0, 0.05) is 0 Å². The molecule has 0 spiro atoms. The molecule has 6 bridgehead atoms. The summed E-state index contributed by atoms with van der Waals surface area (Å²) in [6.07, 6.45) is 0. The number of halogens is 2. The van der Waals surface area contributed by atoms with Crippen molar-refractivity contribution in [2.75, 3.05) is 0 Å². The second-order valence-electron chi connectivity index (χ2n) is 17.4. The first-order valence-corrected chi connectivity index (χ1v) is 30.2. The Bertz CT molecular complexity index is 3190. The molecule has 4 aliphatic heterocycles. The van der Waals surface area contributed by atoms with Crippen LogP contribution in [0.1, 0.15) is 111 Å². The first-order valence-electron chi connectivity index (χ1n) is 20.4. The van der Waals surface area contributed by atoms with E-state index in [9.17, 15) is 0 Å². The Balaban J connectivity index is 1.60. The fourth-order valence-electron chi connectivity index (χ4n) is 10.3. The third-order valence-corrected chi connectivity index (χ3v) is 25.2. The third kappa shape index (κ3) is 4.63. The van der Waals surface area contributed by atoms with Crippen molar-refractivity contribution in [1.29, 1.82) is 0 Å². The van der Waals surface area contributed by atoms with Crippen molar-refractivity contribution < 1.29 is 0 Å². The summed E-state index contributed by atoms with van der Waals surface area (Å²) < 4.78 is 4.23. The van der Waals surface area contributed by atoms with Crippen LogP contribution in [-0.4, -0.2) is 45.6 Å². The predicted molar refractivity (Wildman–Crippen MR) is 249 cm³/mol. The van der Waals surface area contributed by atoms with Gasteiger partial charge in [0.25, 0.3) is 0 Å². The average Bonchev–Trinajstić information content (AvgIpc) is 3.92. The van der Waals surface area contributed by atoms with E-state index in [-0.39, 0.29) is 0 Å². The minimum atomic E-state index is -5.25. The zero-order valence-corrected chi connectivity index (χ0v) is 41.2. The van der Waals surface area contributed by atoms with Crippen LogP contribution in [-0.2, 0) is 0 Å². The molecule has 6 aromatic rings. The fourth-order valence-corrected chi connectivity index (χ4v) is 19.9. The molecule has 0 saturated carbocycles. The molecule has 0 unspecified atom stereocenters. The molecule has 0 atom stereocenters. The Kier molecular flexibility index (Phi) is 8.12. The van der Waals surface area contributed by atoms with Crippen molar-refractivity contribution in [2.45, 2.75) is 111 Å². The van der Waals surface area contributed by atoms with Crippen LogP contribution in [0.5, 0.6) is 0 Å². The van der Waals surface area contributed by atoms with Crippen molar-refractivity contribution in [1.82, 2.24) is 5.58 Å². The standard InChI is InChI=1S/C48H48N8.2ClH.Sn/c1-17-18(2)26(10)34-33(25(17)9)41-49-42(34)54-44-37-29(13)21(5)22(6)30(14)38(37)46(51-44)56-48-40-32(16)24(8)23(7)31(15)39(40)47(52-48)55-45-36-28(12)20(4)19(3)27(11)35(36)43(50-45)53-41;;;/h1-16H3;2*1H;/q-2;;;+4/p-2. The summed E-state index contributed by atoms with van der Waals surface area (Å²) in [7, 11) is 16.9. The van der Waals surface area contributed by atoms with Crippen LogP contribution in [0.25, 0.3) is 21.5 Å². The molecule has 4 aliphatic rings. The molecule has 0 amide bonds. The molecule has 0 aliphatic carbocycles. The van der Waals surface area contributed by atoms with Crippen molar-refractivity contribution in [3.63, 3.8) is 0 Å². The Morgan fingerprint density at radius 2 is 0.542 bits per heavy atom. The van der Waals surface area contributed by atoms with Gasteiger partial charge in [0.1, 0.15) is 0 Å². The normalized spacial score (nSPS) is 15.8. The monoisotopic (exact) mass is 926 g/mol. The van der Waals surface area contributed by atoms with Crippen LogP contribution in [0, 0.1) is 111 Å². The summed E-state index contributed by atoms with van der Waals surface area (Å²) in [4.78, 5) is 33.5. The van der Waals surface area contributed by atoms with Gasteiger partial charge in [-0.05, 0) is 0 Å². The average molecular weight is 927 g/mol. The van der Waals surface area contributed by atoms with Gasteiger partial charge < -0.3 is 0 Å². The van der Waals surface area contributed by atoms with Gasteiger partial charge in [-0.25, -0.2) is 0 Å². The molecule has 6 heterocycles. The molecule has 10 rings (SSSR count). The minimum absolute atomic E-state index is 0.610. The Labute approximate surface area is 357 Å². The van der Waals surface area contributed by atoms with E-state index in [1.165, 1.54) is 44.5 Å². The molecular formula is C48H48Cl2N8Sn. The molecule has 0 N–H and O–H groups in total. The van der Waals surface area contributed by atoms with Gasteiger partial charge in [0.15, 0.2) is 0 Å². The predicted octanol–water partition coefficient (Wildman–Crippen LogP) is 10.8. The van der Waals surface area contributed by atoms with Crippen LogP contribution in [0.15, 0.2) is 30.0 Å². The number of aromatic nitrogens is 2. The zero-order valence-electron chi connectivity index (χ0n) is 36.8. The number of nitrogens with zero attached hydrogens (tertiary/aromatic N) is 8. The van der Waals surface area contributed by atoms with E-state index < -0.39 is 16.7 Å². The topological polar surface area (TPSA) is 84.0 Å². The quantitative estimate of drug-likeness (QED) is 0.136. The number of hydrogen-bond acceptors (Lipinski definition) is 6. The third-order valence-electron chi connectivity index (χ3n) is 15.2. The Morgan fingerprint density at radius 1 is 0.288 bits per heavy atom. The van der Waals surface area contributed by atoms with E-state index in [2.05, 4.69) is 116 Å². The second kappa shape index (κ2) is 12.4. The van der Waals surface area contributed by atoms with Crippen LogP contribution < -0.4 is 11.0 Å². The van der Waals surface area contributed by atoms with E-state index in [1.54, 1.807) is 0 Å². The molecule has 2 aromatic heterocycles.